The summed E-state index contributed by atoms with van der Waals surface area (Å²) in [5, 5.41) is 23.8. The number of unbranched alkanes of at least 4 members (excludes halogenated alkanes) is 1. The molecule has 1 fully saturated rings. The molecule has 1 aliphatic heterocycles. The summed E-state index contributed by atoms with van der Waals surface area (Å²) in [4.78, 5) is 51.2. The molecule has 3 amide bonds. The summed E-state index contributed by atoms with van der Waals surface area (Å²) in [7, 11) is 0. The van der Waals surface area contributed by atoms with Gasteiger partial charge in [0, 0.05) is 6.54 Å². The van der Waals surface area contributed by atoms with Gasteiger partial charge in [0.05, 0.1) is 12.6 Å². The SMILES string of the molecule is NCCCCC(NC(=O)C(CO)NC(=O)C1CCCN1C(=O)C(N)Cc1ccccc1)C(=O)O. The van der Waals surface area contributed by atoms with Crippen LogP contribution in [0.3, 0.4) is 0 Å². The Morgan fingerprint density at radius 1 is 1.09 bits per heavy atom. The molecule has 1 heterocycles. The van der Waals surface area contributed by atoms with E-state index in [4.69, 9.17) is 11.5 Å². The van der Waals surface area contributed by atoms with Crippen LogP contribution in [-0.4, -0.2) is 82.7 Å². The number of nitrogens with one attached hydrogen (secondary N) is 2. The van der Waals surface area contributed by atoms with Gasteiger partial charge in [-0.25, -0.2) is 4.79 Å². The first-order valence-electron chi connectivity index (χ1n) is 11.5. The lowest BCUT2D eigenvalue weighted by atomic mass is 10.0. The Kier molecular flexibility index (Phi) is 10.9. The van der Waals surface area contributed by atoms with Gasteiger partial charge in [-0.15, -0.1) is 0 Å². The highest BCUT2D eigenvalue weighted by atomic mass is 16.4. The number of aliphatic hydroxyl groups excluding tert-OH is 1. The Bertz CT molecular complexity index is 836. The lowest BCUT2D eigenvalue weighted by Crippen LogP contribution is -2.57. The Balaban J connectivity index is 1.97. The van der Waals surface area contributed by atoms with Crippen LogP contribution in [0.1, 0.15) is 37.7 Å². The second-order valence-corrected chi connectivity index (χ2v) is 8.41. The number of carboxylic acid groups (broad SMARTS) is 1. The van der Waals surface area contributed by atoms with Crippen LogP contribution in [0.2, 0.25) is 0 Å². The zero-order chi connectivity index (χ0) is 25.1. The average molecular weight is 478 g/mol. The molecule has 0 saturated carbocycles. The molecule has 188 valence electrons. The molecule has 0 radical (unpaired) electrons. The number of hydrogen-bond acceptors (Lipinski definition) is 7. The second-order valence-electron chi connectivity index (χ2n) is 8.41. The molecule has 1 aromatic carbocycles. The van der Waals surface area contributed by atoms with Crippen molar-refractivity contribution >= 4 is 23.7 Å². The summed E-state index contributed by atoms with van der Waals surface area (Å²) in [5.74, 6) is -2.99. The smallest absolute Gasteiger partial charge is 0.326 e. The first kappa shape index (κ1) is 27.2. The highest BCUT2D eigenvalue weighted by molar-refractivity contribution is 5.94. The number of nitrogens with two attached hydrogens (primary N) is 2. The third kappa shape index (κ3) is 7.79. The molecule has 1 saturated heterocycles. The van der Waals surface area contributed by atoms with E-state index in [9.17, 15) is 29.4 Å². The predicted octanol–water partition coefficient (Wildman–Crippen LogP) is -1.28. The van der Waals surface area contributed by atoms with Crippen LogP contribution in [0.25, 0.3) is 0 Å². The zero-order valence-electron chi connectivity index (χ0n) is 19.2. The summed E-state index contributed by atoms with van der Waals surface area (Å²) in [6, 6.07) is 5.15. The predicted molar refractivity (Wildman–Crippen MR) is 124 cm³/mol. The first-order chi connectivity index (χ1) is 16.3. The molecule has 11 nitrogen and oxygen atoms in total. The van der Waals surface area contributed by atoms with Crippen LogP contribution < -0.4 is 22.1 Å². The molecule has 0 aromatic heterocycles. The highest BCUT2D eigenvalue weighted by Crippen LogP contribution is 2.19. The van der Waals surface area contributed by atoms with Gasteiger partial charge in [-0.3, -0.25) is 14.4 Å². The molecule has 2 rings (SSSR count). The standard InChI is InChI=1S/C23H35N5O6/c24-11-5-4-9-17(23(33)34)26-20(30)18(14-29)27-21(31)19-10-6-12-28(19)22(32)16(25)13-15-7-2-1-3-8-15/h1-3,7-8,16-19,29H,4-6,9-14,24-25H2,(H,26,30)(H,27,31)(H,33,34). The first-order valence-corrected chi connectivity index (χ1v) is 11.5. The Hall–Kier alpha value is -3.02. The molecular weight excluding hydrogens is 442 g/mol. The number of aliphatic carboxylic acids is 1. The van der Waals surface area contributed by atoms with Crippen LogP contribution in [0.5, 0.6) is 0 Å². The summed E-state index contributed by atoms with van der Waals surface area (Å²) < 4.78 is 0. The maximum Gasteiger partial charge on any atom is 0.326 e. The van der Waals surface area contributed by atoms with Crippen LogP contribution in [0, 0.1) is 0 Å². The normalized spacial score (nSPS) is 18.1. The van der Waals surface area contributed by atoms with Crippen molar-refractivity contribution in [3.8, 4) is 0 Å². The van der Waals surface area contributed by atoms with Gasteiger partial charge < -0.3 is 37.2 Å². The van der Waals surface area contributed by atoms with E-state index >= 15 is 0 Å². The Morgan fingerprint density at radius 2 is 1.79 bits per heavy atom. The number of nitrogens with zero attached hydrogens (tertiary/aromatic N) is 1. The van der Waals surface area contributed by atoms with E-state index in [0.29, 0.717) is 45.2 Å². The van der Waals surface area contributed by atoms with E-state index in [2.05, 4.69) is 10.6 Å². The molecule has 0 bridgehead atoms. The molecular formula is C23H35N5O6. The number of aliphatic hydroxyl groups is 1. The number of carbonyl (C=O) groups is 4. The number of rotatable bonds is 13. The second kappa shape index (κ2) is 13.6. The molecule has 1 aliphatic rings. The van der Waals surface area contributed by atoms with Crippen molar-refractivity contribution in [2.75, 3.05) is 19.7 Å². The lowest BCUT2D eigenvalue weighted by Gasteiger charge is -2.28. The fourth-order valence-electron chi connectivity index (χ4n) is 3.96. The van der Waals surface area contributed by atoms with Gasteiger partial charge in [0.2, 0.25) is 17.7 Å². The molecule has 0 spiro atoms. The fraction of sp³-hybridized carbons (Fsp3) is 0.565. The average Bonchev–Trinajstić information content (AvgIpc) is 3.31. The number of likely N-dealkylation sites (tertiary alicyclic amines) is 1. The van der Waals surface area contributed by atoms with E-state index in [0.717, 1.165) is 5.56 Å². The summed E-state index contributed by atoms with van der Waals surface area (Å²) in [5.41, 5.74) is 12.4. The molecule has 1 aromatic rings. The largest absolute Gasteiger partial charge is 0.480 e. The van der Waals surface area contributed by atoms with Crippen molar-refractivity contribution in [2.24, 2.45) is 11.5 Å². The fourth-order valence-corrected chi connectivity index (χ4v) is 3.96. The van der Waals surface area contributed by atoms with E-state index in [1.807, 2.05) is 30.3 Å². The monoisotopic (exact) mass is 477 g/mol. The van der Waals surface area contributed by atoms with Crippen molar-refractivity contribution in [1.29, 1.82) is 0 Å². The molecule has 4 atom stereocenters. The number of carboxylic acids is 1. The zero-order valence-corrected chi connectivity index (χ0v) is 19.2. The van der Waals surface area contributed by atoms with Gasteiger partial charge in [0.25, 0.3) is 0 Å². The van der Waals surface area contributed by atoms with E-state index in [-0.39, 0.29) is 12.3 Å². The molecule has 8 N–H and O–H groups in total. The number of amides is 3. The van der Waals surface area contributed by atoms with Crippen molar-refractivity contribution < 1.29 is 29.4 Å². The van der Waals surface area contributed by atoms with Crippen molar-refractivity contribution in [2.45, 2.75) is 62.7 Å². The van der Waals surface area contributed by atoms with Crippen molar-refractivity contribution in [3.05, 3.63) is 35.9 Å². The maximum atomic E-state index is 12.9. The van der Waals surface area contributed by atoms with Gasteiger partial charge >= 0.3 is 5.97 Å². The van der Waals surface area contributed by atoms with Gasteiger partial charge in [-0.1, -0.05) is 30.3 Å². The minimum absolute atomic E-state index is 0.175. The topological polar surface area (TPSA) is 188 Å². The quantitative estimate of drug-likeness (QED) is 0.189. The molecule has 11 heteroatoms. The lowest BCUT2D eigenvalue weighted by molar-refractivity contribution is -0.143. The van der Waals surface area contributed by atoms with Gasteiger partial charge in [-0.2, -0.15) is 0 Å². The number of hydrogen-bond donors (Lipinski definition) is 6. The minimum Gasteiger partial charge on any atom is -0.480 e. The summed E-state index contributed by atoms with van der Waals surface area (Å²) >= 11 is 0. The van der Waals surface area contributed by atoms with Gasteiger partial charge in [0.15, 0.2) is 0 Å². The molecule has 0 aliphatic carbocycles. The van der Waals surface area contributed by atoms with Crippen LogP contribution in [-0.2, 0) is 25.6 Å². The maximum absolute atomic E-state index is 12.9. The van der Waals surface area contributed by atoms with Crippen LogP contribution >= 0.6 is 0 Å². The number of benzene rings is 1. The van der Waals surface area contributed by atoms with Gasteiger partial charge in [-0.05, 0) is 50.6 Å². The van der Waals surface area contributed by atoms with Crippen molar-refractivity contribution in [3.63, 3.8) is 0 Å². The third-order valence-electron chi connectivity index (χ3n) is 5.83. The number of carbonyl (C=O) groups excluding carboxylic acids is 3. The summed E-state index contributed by atoms with van der Waals surface area (Å²) in [6.07, 6.45) is 2.61. The Morgan fingerprint density at radius 3 is 2.41 bits per heavy atom. The van der Waals surface area contributed by atoms with Crippen LogP contribution in [0.4, 0.5) is 0 Å². The van der Waals surface area contributed by atoms with E-state index in [1.165, 1.54) is 4.90 Å². The van der Waals surface area contributed by atoms with Crippen molar-refractivity contribution in [1.82, 2.24) is 15.5 Å². The Labute approximate surface area is 198 Å². The van der Waals surface area contributed by atoms with Crippen LogP contribution in [0.15, 0.2) is 30.3 Å². The van der Waals surface area contributed by atoms with Gasteiger partial charge in [0.1, 0.15) is 18.1 Å². The highest BCUT2D eigenvalue weighted by Gasteiger charge is 2.37. The third-order valence-corrected chi connectivity index (χ3v) is 5.83. The molecule has 4 unspecified atom stereocenters. The summed E-state index contributed by atoms with van der Waals surface area (Å²) in [6.45, 7) is 0.0414. The minimum atomic E-state index is -1.35. The van der Waals surface area contributed by atoms with E-state index in [1.54, 1.807) is 0 Å². The van der Waals surface area contributed by atoms with E-state index < -0.39 is 48.6 Å². The molecule has 34 heavy (non-hydrogen) atoms.